The maximum atomic E-state index is 12.0. The van der Waals surface area contributed by atoms with Gasteiger partial charge < -0.3 is 16.4 Å². The first-order valence-corrected chi connectivity index (χ1v) is 8.43. The van der Waals surface area contributed by atoms with E-state index in [-0.39, 0.29) is 12.5 Å². The summed E-state index contributed by atoms with van der Waals surface area (Å²) < 4.78 is 1.58. The van der Waals surface area contributed by atoms with Gasteiger partial charge in [-0.1, -0.05) is 26.0 Å². The zero-order chi connectivity index (χ0) is 18.1. The molecule has 0 saturated heterocycles. The van der Waals surface area contributed by atoms with Crippen molar-refractivity contribution in [2.24, 2.45) is 16.6 Å². The highest BCUT2D eigenvalue weighted by Crippen LogP contribution is 2.11. The second kappa shape index (κ2) is 9.46. The van der Waals surface area contributed by atoms with E-state index in [1.54, 1.807) is 23.1 Å². The third kappa shape index (κ3) is 7.07. The molecular formula is C18H26N6O. The number of nitrogens with one attached hydrogen (secondary N) is 2. The molecule has 134 valence electrons. The highest BCUT2D eigenvalue weighted by Gasteiger charge is 2.04. The predicted molar refractivity (Wildman–Crippen MR) is 100 cm³/mol. The number of nitrogens with two attached hydrogens (primary N) is 1. The SMILES string of the molecule is CC(C)CCNC(N)=NCc1cccc(NC(=O)Cn2cccn2)c1. The van der Waals surface area contributed by atoms with E-state index in [2.05, 4.69) is 34.6 Å². The van der Waals surface area contributed by atoms with Gasteiger partial charge >= 0.3 is 0 Å². The van der Waals surface area contributed by atoms with Crippen molar-refractivity contribution in [3.05, 3.63) is 48.3 Å². The summed E-state index contributed by atoms with van der Waals surface area (Å²) in [6.45, 7) is 5.80. The van der Waals surface area contributed by atoms with Crippen LogP contribution in [0.1, 0.15) is 25.8 Å². The topological polar surface area (TPSA) is 97.3 Å². The minimum Gasteiger partial charge on any atom is -0.370 e. The number of carbonyl (C=O) groups is 1. The van der Waals surface area contributed by atoms with E-state index in [9.17, 15) is 4.79 Å². The van der Waals surface area contributed by atoms with E-state index in [1.165, 1.54) is 0 Å². The number of rotatable bonds is 8. The van der Waals surface area contributed by atoms with Crippen LogP contribution >= 0.6 is 0 Å². The summed E-state index contributed by atoms with van der Waals surface area (Å²) in [6, 6.07) is 9.36. The molecule has 0 saturated carbocycles. The summed E-state index contributed by atoms with van der Waals surface area (Å²) in [6.07, 6.45) is 4.44. The van der Waals surface area contributed by atoms with Crippen molar-refractivity contribution in [1.29, 1.82) is 0 Å². The van der Waals surface area contributed by atoms with E-state index < -0.39 is 0 Å². The molecule has 1 amide bonds. The van der Waals surface area contributed by atoms with Gasteiger partial charge in [0, 0.05) is 24.6 Å². The maximum absolute atomic E-state index is 12.0. The van der Waals surface area contributed by atoms with Crippen molar-refractivity contribution in [3.8, 4) is 0 Å². The zero-order valence-corrected chi connectivity index (χ0v) is 14.8. The van der Waals surface area contributed by atoms with Crippen molar-refractivity contribution in [2.75, 3.05) is 11.9 Å². The normalized spacial score (nSPS) is 11.6. The van der Waals surface area contributed by atoms with E-state index in [4.69, 9.17) is 5.73 Å². The lowest BCUT2D eigenvalue weighted by Gasteiger charge is -2.08. The van der Waals surface area contributed by atoms with Crippen LogP contribution in [0.5, 0.6) is 0 Å². The third-order valence-corrected chi connectivity index (χ3v) is 3.54. The molecule has 0 aliphatic rings. The number of guanidine groups is 1. The Bertz CT molecular complexity index is 693. The fourth-order valence-electron chi connectivity index (χ4n) is 2.21. The number of benzene rings is 1. The van der Waals surface area contributed by atoms with Crippen molar-refractivity contribution in [1.82, 2.24) is 15.1 Å². The van der Waals surface area contributed by atoms with E-state index in [0.29, 0.717) is 18.4 Å². The molecule has 7 nitrogen and oxygen atoms in total. The van der Waals surface area contributed by atoms with E-state index in [1.807, 2.05) is 24.3 Å². The van der Waals surface area contributed by atoms with Gasteiger partial charge in [0.2, 0.25) is 5.91 Å². The Morgan fingerprint density at radius 1 is 1.36 bits per heavy atom. The van der Waals surface area contributed by atoms with Gasteiger partial charge in [-0.2, -0.15) is 5.10 Å². The van der Waals surface area contributed by atoms with Crippen molar-refractivity contribution in [2.45, 2.75) is 33.4 Å². The average Bonchev–Trinajstić information content (AvgIpc) is 3.05. The van der Waals surface area contributed by atoms with Gasteiger partial charge in [-0.15, -0.1) is 0 Å². The molecule has 1 heterocycles. The van der Waals surface area contributed by atoms with E-state index in [0.717, 1.165) is 24.2 Å². The summed E-state index contributed by atoms with van der Waals surface area (Å²) in [5, 5.41) is 9.98. The largest absolute Gasteiger partial charge is 0.370 e. The molecule has 0 radical (unpaired) electrons. The second-order valence-electron chi connectivity index (χ2n) is 6.26. The fourth-order valence-corrected chi connectivity index (χ4v) is 2.21. The molecule has 0 aliphatic carbocycles. The number of aromatic nitrogens is 2. The van der Waals surface area contributed by atoms with Crippen molar-refractivity contribution >= 4 is 17.6 Å². The number of hydrogen-bond donors (Lipinski definition) is 3. The lowest BCUT2D eigenvalue weighted by molar-refractivity contribution is -0.116. The minimum atomic E-state index is -0.126. The molecule has 2 aromatic rings. The summed E-state index contributed by atoms with van der Waals surface area (Å²) in [5.74, 6) is 0.940. The number of carbonyl (C=O) groups excluding carboxylic acids is 1. The monoisotopic (exact) mass is 342 g/mol. The minimum absolute atomic E-state index is 0.126. The second-order valence-corrected chi connectivity index (χ2v) is 6.26. The van der Waals surface area contributed by atoms with Crippen LogP contribution in [-0.2, 0) is 17.9 Å². The van der Waals surface area contributed by atoms with Crippen LogP contribution in [0.25, 0.3) is 0 Å². The molecule has 1 aromatic heterocycles. The number of hydrogen-bond acceptors (Lipinski definition) is 3. The maximum Gasteiger partial charge on any atom is 0.246 e. The number of nitrogens with zero attached hydrogens (tertiary/aromatic N) is 3. The molecule has 0 fully saturated rings. The number of amides is 1. The number of anilines is 1. The first-order valence-electron chi connectivity index (χ1n) is 8.43. The Hall–Kier alpha value is -2.83. The molecule has 0 aliphatic heterocycles. The Morgan fingerprint density at radius 3 is 2.92 bits per heavy atom. The third-order valence-electron chi connectivity index (χ3n) is 3.54. The standard InChI is InChI=1S/C18H26N6O/c1-14(2)7-9-20-18(19)21-12-15-5-3-6-16(11-15)23-17(25)13-24-10-4-8-22-24/h3-6,8,10-11,14H,7,9,12-13H2,1-2H3,(H,23,25)(H3,19,20,21). The van der Waals surface area contributed by atoms with Gasteiger partial charge in [-0.05, 0) is 36.1 Å². The van der Waals surface area contributed by atoms with Gasteiger partial charge in [0.25, 0.3) is 0 Å². The Labute approximate surface area is 148 Å². The zero-order valence-electron chi connectivity index (χ0n) is 14.8. The molecule has 4 N–H and O–H groups in total. The Balaban J connectivity index is 1.84. The van der Waals surface area contributed by atoms with Crippen molar-refractivity contribution in [3.63, 3.8) is 0 Å². The summed E-state index contributed by atoms with van der Waals surface area (Å²) in [5.41, 5.74) is 7.57. The van der Waals surface area contributed by atoms with Gasteiger partial charge in [0.1, 0.15) is 6.54 Å². The summed E-state index contributed by atoms with van der Waals surface area (Å²) in [7, 11) is 0. The van der Waals surface area contributed by atoms with Crippen molar-refractivity contribution < 1.29 is 4.79 Å². The van der Waals surface area contributed by atoms with Gasteiger partial charge in [0.05, 0.1) is 6.54 Å². The van der Waals surface area contributed by atoms with Gasteiger partial charge in [0.15, 0.2) is 5.96 Å². The quantitative estimate of drug-likeness (QED) is 0.505. The van der Waals surface area contributed by atoms with Crippen LogP contribution in [0.15, 0.2) is 47.7 Å². The Morgan fingerprint density at radius 2 is 2.20 bits per heavy atom. The lowest BCUT2D eigenvalue weighted by atomic mass is 10.1. The molecule has 0 unspecified atom stereocenters. The van der Waals surface area contributed by atoms with E-state index >= 15 is 0 Å². The van der Waals surface area contributed by atoms with Gasteiger partial charge in [-0.3, -0.25) is 9.48 Å². The summed E-state index contributed by atoms with van der Waals surface area (Å²) in [4.78, 5) is 16.3. The van der Waals surface area contributed by atoms with Crippen LogP contribution in [0, 0.1) is 5.92 Å². The summed E-state index contributed by atoms with van der Waals surface area (Å²) >= 11 is 0. The van der Waals surface area contributed by atoms with Crippen LogP contribution < -0.4 is 16.4 Å². The fraction of sp³-hybridized carbons (Fsp3) is 0.389. The molecule has 0 atom stereocenters. The molecule has 2 rings (SSSR count). The average molecular weight is 342 g/mol. The highest BCUT2D eigenvalue weighted by atomic mass is 16.2. The molecule has 0 spiro atoms. The van der Waals surface area contributed by atoms with Crippen LogP contribution in [0.4, 0.5) is 5.69 Å². The molecular weight excluding hydrogens is 316 g/mol. The molecule has 7 heteroatoms. The smallest absolute Gasteiger partial charge is 0.246 e. The van der Waals surface area contributed by atoms with Crippen LogP contribution in [-0.4, -0.2) is 28.2 Å². The van der Waals surface area contributed by atoms with Crippen LogP contribution in [0.3, 0.4) is 0 Å². The molecule has 0 bridgehead atoms. The predicted octanol–water partition coefficient (Wildman–Crippen LogP) is 1.97. The Kier molecular flexibility index (Phi) is 7.00. The highest BCUT2D eigenvalue weighted by molar-refractivity contribution is 5.90. The first-order chi connectivity index (χ1) is 12.0. The first kappa shape index (κ1) is 18.5. The molecule has 1 aromatic carbocycles. The number of aliphatic imine (C=N–C) groups is 1. The van der Waals surface area contributed by atoms with Gasteiger partial charge in [-0.25, -0.2) is 4.99 Å². The lowest BCUT2D eigenvalue weighted by Crippen LogP contribution is -2.32. The van der Waals surface area contributed by atoms with Crippen LogP contribution in [0.2, 0.25) is 0 Å². The molecule has 25 heavy (non-hydrogen) atoms.